The lowest BCUT2D eigenvalue weighted by atomic mass is 9.98. The van der Waals surface area contributed by atoms with E-state index in [0.717, 1.165) is 50.0 Å². The third-order valence-electron chi connectivity index (χ3n) is 4.84. The van der Waals surface area contributed by atoms with Gasteiger partial charge in [-0.15, -0.1) is 0 Å². The van der Waals surface area contributed by atoms with Crippen LogP contribution in [0.5, 0.6) is 0 Å². The van der Waals surface area contributed by atoms with Gasteiger partial charge in [0, 0.05) is 45.0 Å². The monoisotopic (exact) mass is 344 g/mol. The minimum Gasteiger partial charge on any atom is -0.338 e. The van der Waals surface area contributed by atoms with E-state index >= 15 is 0 Å². The number of urea groups is 1. The third-order valence-corrected chi connectivity index (χ3v) is 4.84. The largest absolute Gasteiger partial charge is 0.338 e. The molecule has 2 amide bonds. The lowest BCUT2D eigenvalue weighted by molar-refractivity contribution is 0.146. The first-order chi connectivity index (χ1) is 12.1. The summed E-state index contributed by atoms with van der Waals surface area (Å²) in [5, 5.41) is 2.93. The minimum absolute atomic E-state index is 0.0613. The molecule has 1 atom stereocenters. The first kappa shape index (κ1) is 17.5. The van der Waals surface area contributed by atoms with Crippen LogP contribution in [0.2, 0.25) is 0 Å². The summed E-state index contributed by atoms with van der Waals surface area (Å²) in [5.74, 6) is 0.767. The van der Waals surface area contributed by atoms with Crippen molar-refractivity contribution in [2.45, 2.75) is 44.7 Å². The Bertz CT molecular complexity index is 715. The molecule has 1 unspecified atom stereocenters. The van der Waals surface area contributed by atoms with E-state index in [4.69, 9.17) is 0 Å². The highest BCUT2D eigenvalue weighted by Gasteiger charge is 2.26. The smallest absolute Gasteiger partial charge is 0.317 e. The molecule has 3 rings (SSSR count). The maximum absolute atomic E-state index is 13.2. The van der Waals surface area contributed by atoms with E-state index in [1.54, 1.807) is 12.3 Å². The number of hydrogen-bond acceptors (Lipinski definition) is 2. The normalized spacial score (nSPS) is 17.5. The average Bonchev–Trinajstić information content (AvgIpc) is 3.03. The summed E-state index contributed by atoms with van der Waals surface area (Å²) in [4.78, 5) is 18.9. The second-order valence-electron chi connectivity index (χ2n) is 6.62. The van der Waals surface area contributed by atoms with E-state index in [0.29, 0.717) is 6.54 Å². The van der Waals surface area contributed by atoms with Gasteiger partial charge in [-0.25, -0.2) is 14.2 Å². The number of halogens is 1. The first-order valence-corrected chi connectivity index (χ1v) is 8.88. The molecule has 134 valence electrons. The summed E-state index contributed by atoms with van der Waals surface area (Å²) >= 11 is 0. The van der Waals surface area contributed by atoms with Crippen LogP contribution in [-0.4, -0.2) is 33.1 Å². The SMILES string of the molecule is Cn1ccnc1CCC1CCCCN1C(=O)NCc1cccc(F)c1. The molecule has 1 aliphatic heterocycles. The number of imidazole rings is 1. The van der Waals surface area contributed by atoms with Gasteiger partial charge in [-0.3, -0.25) is 0 Å². The highest BCUT2D eigenvalue weighted by molar-refractivity contribution is 5.74. The lowest BCUT2D eigenvalue weighted by Gasteiger charge is -2.35. The van der Waals surface area contributed by atoms with Crippen molar-refractivity contribution in [3.8, 4) is 0 Å². The molecule has 1 aromatic heterocycles. The highest BCUT2D eigenvalue weighted by Crippen LogP contribution is 2.21. The van der Waals surface area contributed by atoms with Gasteiger partial charge in [-0.1, -0.05) is 12.1 Å². The third kappa shape index (κ3) is 4.59. The number of likely N-dealkylation sites (tertiary alicyclic amines) is 1. The van der Waals surface area contributed by atoms with Crippen LogP contribution in [0.3, 0.4) is 0 Å². The second-order valence-corrected chi connectivity index (χ2v) is 6.62. The fraction of sp³-hybridized carbons (Fsp3) is 0.474. The number of amides is 2. The Kier molecular flexibility index (Phi) is 5.68. The van der Waals surface area contributed by atoms with Crippen LogP contribution >= 0.6 is 0 Å². The molecular weight excluding hydrogens is 319 g/mol. The van der Waals surface area contributed by atoms with E-state index < -0.39 is 0 Å². The number of aromatic nitrogens is 2. The van der Waals surface area contributed by atoms with Crippen molar-refractivity contribution in [3.05, 3.63) is 53.9 Å². The van der Waals surface area contributed by atoms with Crippen LogP contribution in [0.1, 0.15) is 37.1 Å². The zero-order chi connectivity index (χ0) is 17.6. The van der Waals surface area contributed by atoms with E-state index in [-0.39, 0.29) is 17.9 Å². The summed E-state index contributed by atoms with van der Waals surface area (Å²) in [5.41, 5.74) is 0.773. The van der Waals surface area contributed by atoms with Crippen molar-refractivity contribution in [2.24, 2.45) is 7.05 Å². The quantitative estimate of drug-likeness (QED) is 0.905. The molecule has 0 radical (unpaired) electrons. The van der Waals surface area contributed by atoms with Gasteiger partial charge in [-0.2, -0.15) is 0 Å². The number of rotatable bonds is 5. The van der Waals surface area contributed by atoms with Crippen LogP contribution < -0.4 is 5.32 Å². The van der Waals surface area contributed by atoms with Gasteiger partial charge in [-0.05, 0) is 43.4 Å². The molecule has 1 saturated heterocycles. The molecule has 2 heterocycles. The molecule has 6 heteroatoms. The first-order valence-electron chi connectivity index (χ1n) is 8.88. The van der Waals surface area contributed by atoms with Crippen molar-refractivity contribution < 1.29 is 9.18 Å². The van der Waals surface area contributed by atoms with Gasteiger partial charge in [0.05, 0.1) is 0 Å². The summed E-state index contributed by atoms with van der Waals surface area (Å²) in [6.45, 7) is 1.12. The topological polar surface area (TPSA) is 50.2 Å². The van der Waals surface area contributed by atoms with Crippen LogP contribution in [-0.2, 0) is 20.0 Å². The van der Waals surface area contributed by atoms with Crippen molar-refractivity contribution in [1.29, 1.82) is 0 Å². The number of carbonyl (C=O) groups is 1. The lowest BCUT2D eigenvalue weighted by Crippen LogP contribution is -2.48. The molecule has 0 saturated carbocycles. The number of hydrogen-bond donors (Lipinski definition) is 1. The predicted octanol–water partition coefficient (Wildman–Crippen LogP) is 3.26. The molecule has 0 aliphatic carbocycles. The highest BCUT2D eigenvalue weighted by atomic mass is 19.1. The van der Waals surface area contributed by atoms with E-state index in [1.807, 2.05) is 28.8 Å². The molecule has 0 spiro atoms. The van der Waals surface area contributed by atoms with Gasteiger partial charge in [0.2, 0.25) is 0 Å². The van der Waals surface area contributed by atoms with Crippen molar-refractivity contribution in [2.75, 3.05) is 6.54 Å². The number of piperidine rings is 1. The van der Waals surface area contributed by atoms with E-state index in [2.05, 4.69) is 10.3 Å². The van der Waals surface area contributed by atoms with Crippen LogP contribution in [0.25, 0.3) is 0 Å². The van der Waals surface area contributed by atoms with E-state index in [9.17, 15) is 9.18 Å². The standard InChI is InChI=1S/C19H25FN4O/c1-23-12-10-21-18(23)9-8-17-7-2-3-11-24(17)19(25)22-14-15-5-4-6-16(20)13-15/h4-6,10,12-13,17H,2-3,7-9,11,14H2,1H3,(H,22,25). The van der Waals surface area contributed by atoms with Gasteiger partial charge in [0.25, 0.3) is 0 Å². The van der Waals surface area contributed by atoms with Crippen LogP contribution in [0, 0.1) is 5.82 Å². The number of nitrogens with zero attached hydrogens (tertiary/aromatic N) is 3. The van der Waals surface area contributed by atoms with Crippen molar-refractivity contribution >= 4 is 6.03 Å². The molecule has 1 aromatic carbocycles. The zero-order valence-corrected chi connectivity index (χ0v) is 14.6. The second kappa shape index (κ2) is 8.14. The summed E-state index contributed by atoms with van der Waals surface area (Å²) in [6, 6.07) is 6.51. The Labute approximate surface area is 147 Å². The summed E-state index contributed by atoms with van der Waals surface area (Å²) in [6.07, 6.45) is 8.74. The van der Waals surface area contributed by atoms with Gasteiger partial charge in [0.1, 0.15) is 11.6 Å². The maximum atomic E-state index is 13.2. The molecule has 2 aromatic rings. The molecular formula is C19H25FN4O. The van der Waals surface area contributed by atoms with E-state index in [1.165, 1.54) is 12.1 Å². The number of carbonyl (C=O) groups excluding carboxylic acids is 1. The Balaban J connectivity index is 1.56. The van der Waals surface area contributed by atoms with Crippen LogP contribution in [0.4, 0.5) is 9.18 Å². The number of benzene rings is 1. The van der Waals surface area contributed by atoms with Gasteiger partial charge in [0.15, 0.2) is 0 Å². The van der Waals surface area contributed by atoms with Gasteiger partial charge < -0.3 is 14.8 Å². The van der Waals surface area contributed by atoms with Crippen LogP contribution in [0.15, 0.2) is 36.7 Å². The Hall–Kier alpha value is -2.37. The predicted molar refractivity (Wildman–Crippen MR) is 94.5 cm³/mol. The fourth-order valence-electron chi connectivity index (χ4n) is 3.43. The summed E-state index contributed by atoms with van der Waals surface area (Å²) < 4.78 is 15.3. The minimum atomic E-state index is -0.280. The summed E-state index contributed by atoms with van der Waals surface area (Å²) in [7, 11) is 1.99. The van der Waals surface area contributed by atoms with Gasteiger partial charge >= 0.3 is 6.03 Å². The Morgan fingerprint density at radius 3 is 3.04 bits per heavy atom. The molecule has 1 N–H and O–H groups in total. The molecule has 25 heavy (non-hydrogen) atoms. The maximum Gasteiger partial charge on any atom is 0.317 e. The molecule has 1 aliphatic rings. The Morgan fingerprint density at radius 2 is 2.28 bits per heavy atom. The van der Waals surface area contributed by atoms with Crippen molar-refractivity contribution in [3.63, 3.8) is 0 Å². The molecule has 5 nitrogen and oxygen atoms in total. The number of nitrogens with one attached hydrogen (secondary N) is 1. The zero-order valence-electron chi connectivity index (χ0n) is 14.6. The van der Waals surface area contributed by atoms with Crippen molar-refractivity contribution in [1.82, 2.24) is 19.8 Å². The Morgan fingerprint density at radius 1 is 1.40 bits per heavy atom. The molecule has 0 bridgehead atoms. The average molecular weight is 344 g/mol. The fourth-order valence-corrected chi connectivity index (χ4v) is 3.43. The number of aryl methyl sites for hydroxylation is 2. The molecule has 1 fully saturated rings.